The summed E-state index contributed by atoms with van der Waals surface area (Å²) in [6, 6.07) is 13.1. The van der Waals surface area contributed by atoms with Gasteiger partial charge in [0.25, 0.3) is 0 Å². The molecule has 170 valence electrons. The minimum Gasteiger partial charge on any atom is -0.366 e. The zero-order valence-electron chi connectivity index (χ0n) is 17.6. The molecule has 4 amide bonds. The van der Waals surface area contributed by atoms with E-state index in [9.17, 15) is 19.2 Å². The molecular weight excluding hydrogens is 462 g/mol. The summed E-state index contributed by atoms with van der Waals surface area (Å²) >= 11 is 2.64. The number of primary amides is 1. The number of nitrogens with two attached hydrogens (primary N) is 1. The van der Waals surface area contributed by atoms with Gasteiger partial charge in [0.05, 0.1) is 17.9 Å². The standard InChI is InChI=1S/C22H21N5O4S2/c1-13(28)24-15-6-8-17(9-7-15)26-20(30)12-33-22-27-18(11-32-22)10-19(29)25-16-4-2-14(3-5-16)21(23)31/h2-9,11H,10,12H2,1H3,(H2,23,31)(H,24,28)(H,25,29)(H,26,30). The number of nitrogens with zero attached hydrogens (tertiary/aromatic N) is 1. The zero-order chi connectivity index (χ0) is 23.8. The van der Waals surface area contributed by atoms with Crippen molar-refractivity contribution in [1.82, 2.24) is 4.98 Å². The number of aromatic nitrogens is 1. The van der Waals surface area contributed by atoms with Gasteiger partial charge in [0, 0.05) is 34.9 Å². The molecule has 3 rings (SSSR count). The molecule has 11 heteroatoms. The SMILES string of the molecule is CC(=O)Nc1ccc(NC(=O)CSc2nc(CC(=O)Nc3ccc(C(N)=O)cc3)cs2)cc1. The molecule has 5 N–H and O–H groups in total. The van der Waals surface area contributed by atoms with Crippen LogP contribution >= 0.6 is 23.1 Å². The lowest BCUT2D eigenvalue weighted by molar-refractivity contribution is -0.116. The third-order valence-corrected chi connectivity index (χ3v) is 6.21. The summed E-state index contributed by atoms with van der Waals surface area (Å²) in [7, 11) is 0. The number of benzene rings is 2. The number of nitrogens with one attached hydrogen (secondary N) is 3. The minimum atomic E-state index is -0.533. The molecule has 0 spiro atoms. The molecule has 0 fully saturated rings. The summed E-state index contributed by atoms with van der Waals surface area (Å²) in [6.45, 7) is 1.43. The lowest BCUT2D eigenvalue weighted by Crippen LogP contribution is -2.15. The van der Waals surface area contributed by atoms with Gasteiger partial charge in [-0.3, -0.25) is 19.2 Å². The van der Waals surface area contributed by atoms with E-state index in [0.717, 1.165) is 0 Å². The van der Waals surface area contributed by atoms with Gasteiger partial charge in [-0.25, -0.2) is 4.98 Å². The Morgan fingerprint density at radius 1 is 0.879 bits per heavy atom. The van der Waals surface area contributed by atoms with Gasteiger partial charge in [-0.2, -0.15) is 0 Å². The maximum atomic E-state index is 12.2. The van der Waals surface area contributed by atoms with Gasteiger partial charge in [-0.15, -0.1) is 11.3 Å². The van der Waals surface area contributed by atoms with Crippen LogP contribution < -0.4 is 21.7 Å². The summed E-state index contributed by atoms with van der Waals surface area (Å²) in [5.74, 6) is -0.972. The van der Waals surface area contributed by atoms with Crippen LogP contribution in [0.5, 0.6) is 0 Å². The monoisotopic (exact) mass is 483 g/mol. The maximum Gasteiger partial charge on any atom is 0.248 e. The third-order valence-electron chi connectivity index (χ3n) is 4.14. The maximum absolute atomic E-state index is 12.2. The molecule has 9 nitrogen and oxygen atoms in total. The molecule has 0 unspecified atom stereocenters. The first-order valence-corrected chi connectivity index (χ1v) is 11.6. The summed E-state index contributed by atoms with van der Waals surface area (Å²) in [6.07, 6.45) is 0.0848. The predicted molar refractivity (Wildman–Crippen MR) is 130 cm³/mol. The quantitative estimate of drug-likeness (QED) is 0.344. The summed E-state index contributed by atoms with van der Waals surface area (Å²) in [5, 5.41) is 9.95. The Hall–Kier alpha value is -3.70. The molecule has 3 aromatic rings. The van der Waals surface area contributed by atoms with Crippen molar-refractivity contribution in [2.45, 2.75) is 17.7 Å². The molecule has 0 bridgehead atoms. The number of amides is 4. The lowest BCUT2D eigenvalue weighted by Gasteiger charge is -2.06. The van der Waals surface area contributed by atoms with E-state index in [1.165, 1.54) is 42.2 Å². The molecule has 2 aromatic carbocycles. The normalized spacial score (nSPS) is 10.3. The van der Waals surface area contributed by atoms with Crippen molar-refractivity contribution in [2.75, 3.05) is 21.7 Å². The number of carbonyl (C=O) groups is 4. The Morgan fingerprint density at radius 3 is 2.00 bits per heavy atom. The van der Waals surface area contributed by atoms with Crippen LogP contribution in [0.2, 0.25) is 0 Å². The lowest BCUT2D eigenvalue weighted by atomic mass is 10.2. The fraction of sp³-hybridized carbons (Fsp3) is 0.136. The third kappa shape index (κ3) is 7.74. The Bertz CT molecular complexity index is 1160. The van der Waals surface area contributed by atoms with Crippen LogP contribution in [0, 0.1) is 0 Å². The fourth-order valence-corrected chi connectivity index (χ4v) is 4.33. The van der Waals surface area contributed by atoms with Crippen molar-refractivity contribution in [3.63, 3.8) is 0 Å². The Morgan fingerprint density at radius 2 is 1.42 bits per heavy atom. The number of carbonyl (C=O) groups excluding carboxylic acids is 4. The fourth-order valence-electron chi connectivity index (χ4n) is 2.69. The molecule has 0 atom stereocenters. The van der Waals surface area contributed by atoms with Gasteiger partial charge in [-0.05, 0) is 48.5 Å². The second-order valence-electron chi connectivity index (χ2n) is 6.87. The Labute approximate surface area is 198 Å². The summed E-state index contributed by atoms with van der Waals surface area (Å²) in [4.78, 5) is 50.9. The van der Waals surface area contributed by atoms with Gasteiger partial charge >= 0.3 is 0 Å². The molecular formula is C22H21N5O4S2. The zero-order valence-corrected chi connectivity index (χ0v) is 19.2. The first kappa shape index (κ1) is 24.0. The largest absolute Gasteiger partial charge is 0.366 e. The van der Waals surface area contributed by atoms with Gasteiger partial charge in [0.1, 0.15) is 0 Å². The smallest absolute Gasteiger partial charge is 0.248 e. The molecule has 0 radical (unpaired) electrons. The molecule has 33 heavy (non-hydrogen) atoms. The number of rotatable bonds is 9. The highest BCUT2D eigenvalue weighted by Gasteiger charge is 2.11. The Kier molecular flexibility index (Phi) is 8.17. The van der Waals surface area contributed by atoms with Crippen LogP contribution in [-0.4, -0.2) is 34.4 Å². The van der Waals surface area contributed by atoms with Crippen LogP contribution in [0.25, 0.3) is 0 Å². The van der Waals surface area contributed by atoms with Crippen molar-refractivity contribution >= 4 is 63.8 Å². The first-order chi connectivity index (χ1) is 15.8. The van der Waals surface area contributed by atoms with E-state index in [2.05, 4.69) is 20.9 Å². The van der Waals surface area contributed by atoms with Crippen molar-refractivity contribution in [1.29, 1.82) is 0 Å². The predicted octanol–water partition coefficient (Wildman–Crippen LogP) is 3.11. The van der Waals surface area contributed by atoms with E-state index in [0.29, 0.717) is 32.7 Å². The van der Waals surface area contributed by atoms with Crippen LogP contribution in [0.3, 0.4) is 0 Å². The van der Waals surface area contributed by atoms with Crippen LogP contribution in [0.4, 0.5) is 17.1 Å². The molecule has 0 saturated carbocycles. The average Bonchev–Trinajstić information content (AvgIpc) is 3.21. The van der Waals surface area contributed by atoms with Crippen LogP contribution in [0.1, 0.15) is 23.0 Å². The van der Waals surface area contributed by atoms with E-state index < -0.39 is 5.91 Å². The number of hydrogen-bond donors (Lipinski definition) is 4. The van der Waals surface area contributed by atoms with E-state index in [1.807, 2.05) is 0 Å². The van der Waals surface area contributed by atoms with Crippen LogP contribution in [0.15, 0.2) is 58.3 Å². The molecule has 0 aliphatic heterocycles. The average molecular weight is 484 g/mol. The van der Waals surface area contributed by atoms with Gasteiger partial charge in [0.2, 0.25) is 23.6 Å². The minimum absolute atomic E-state index is 0.0848. The van der Waals surface area contributed by atoms with Gasteiger partial charge < -0.3 is 21.7 Å². The summed E-state index contributed by atoms with van der Waals surface area (Å²) in [5.41, 5.74) is 7.98. The van der Waals surface area contributed by atoms with Crippen molar-refractivity contribution < 1.29 is 19.2 Å². The number of thioether (sulfide) groups is 1. The topological polar surface area (TPSA) is 143 Å². The van der Waals surface area contributed by atoms with E-state index in [4.69, 9.17) is 5.73 Å². The number of anilines is 3. The van der Waals surface area contributed by atoms with Gasteiger partial charge in [0.15, 0.2) is 4.34 Å². The highest BCUT2D eigenvalue weighted by atomic mass is 32.2. The van der Waals surface area contributed by atoms with E-state index in [-0.39, 0.29) is 29.9 Å². The Balaban J connectivity index is 1.44. The summed E-state index contributed by atoms with van der Waals surface area (Å²) < 4.78 is 0.680. The second-order valence-corrected chi connectivity index (χ2v) is 8.95. The van der Waals surface area contributed by atoms with Crippen molar-refractivity contribution in [2.24, 2.45) is 5.73 Å². The molecule has 0 aliphatic rings. The van der Waals surface area contributed by atoms with Gasteiger partial charge in [-0.1, -0.05) is 11.8 Å². The first-order valence-electron chi connectivity index (χ1n) is 9.73. The number of thiazole rings is 1. The highest BCUT2D eigenvalue weighted by Crippen LogP contribution is 2.23. The second kappa shape index (κ2) is 11.2. The molecule has 1 heterocycles. The van der Waals surface area contributed by atoms with E-state index in [1.54, 1.807) is 41.8 Å². The van der Waals surface area contributed by atoms with Crippen molar-refractivity contribution in [3.8, 4) is 0 Å². The van der Waals surface area contributed by atoms with Crippen LogP contribution in [-0.2, 0) is 20.8 Å². The molecule has 0 aliphatic carbocycles. The molecule has 0 saturated heterocycles. The van der Waals surface area contributed by atoms with Crippen molar-refractivity contribution in [3.05, 3.63) is 65.2 Å². The highest BCUT2D eigenvalue weighted by molar-refractivity contribution is 8.01. The number of hydrogen-bond acceptors (Lipinski definition) is 7. The van der Waals surface area contributed by atoms with E-state index >= 15 is 0 Å². The molecule has 1 aromatic heterocycles.